The van der Waals surface area contributed by atoms with Crippen LogP contribution < -0.4 is 0 Å². The van der Waals surface area contributed by atoms with E-state index >= 15 is 0 Å². The van der Waals surface area contributed by atoms with Crippen molar-refractivity contribution in [3.63, 3.8) is 0 Å². The van der Waals surface area contributed by atoms with Gasteiger partial charge in [0.1, 0.15) is 18.6 Å². The quantitative estimate of drug-likeness (QED) is 0.416. The van der Waals surface area contributed by atoms with Crippen molar-refractivity contribution in [3.05, 3.63) is 52.9 Å². The number of rotatable bonds is 4. The minimum absolute atomic E-state index is 0.298. The minimum Gasteiger partial charge on any atom is -0.368 e. The van der Waals surface area contributed by atoms with E-state index < -0.39 is 0 Å². The van der Waals surface area contributed by atoms with E-state index in [2.05, 4.69) is 24.8 Å². The van der Waals surface area contributed by atoms with Crippen molar-refractivity contribution in [2.45, 2.75) is 44.8 Å². The highest BCUT2D eigenvalue weighted by Crippen LogP contribution is 2.38. The number of fused-ring (bicyclic) bond motifs is 5. The number of imidazole rings is 1. The summed E-state index contributed by atoms with van der Waals surface area (Å²) in [7, 11) is 1.92. The Morgan fingerprint density at radius 1 is 1.23 bits per heavy atom. The van der Waals surface area contributed by atoms with Crippen LogP contribution in [-0.4, -0.2) is 35.6 Å². The van der Waals surface area contributed by atoms with Crippen LogP contribution in [0.1, 0.15) is 42.8 Å². The smallest absolute Gasteiger partial charge is 0.253 e. The molecule has 0 saturated heterocycles. The zero-order valence-corrected chi connectivity index (χ0v) is 17.8. The number of aromatic nitrogens is 6. The Bertz CT molecular complexity index is 1270. The molecule has 0 N–H and O–H groups in total. The molecule has 0 bridgehead atoms. The SMILES string of the molecule is Cn1cc2c(n1)-c1cc(Cl)ccc1-n1cnc(-c3noc(COC4CCCC4)n3)c1C2. The Hall–Kier alpha value is -2.97. The van der Waals surface area contributed by atoms with Crippen molar-refractivity contribution >= 4 is 11.6 Å². The fraction of sp³-hybridized carbons (Fsp3) is 0.364. The maximum Gasteiger partial charge on any atom is 0.253 e. The summed E-state index contributed by atoms with van der Waals surface area (Å²) >= 11 is 6.31. The topological polar surface area (TPSA) is 83.8 Å². The van der Waals surface area contributed by atoms with Gasteiger partial charge in [0.2, 0.25) is 5.82 Å². The largest absolute Gasteiger partial charge is 0.368 e. The molecule has 1 aliphatic carbocycles. The molecule has 0 radical (unpaired) electrons. The molecule has 8 nitrogen and oxygen atoms in total. The van der Waals surface area contributed by atoms with Crippen molar-refractivity contribution in [1.29, 1.82) is 0 Å². The number of ether oxygens (including phenoxy) is 1. The van der Waals surface area contributed by atoms with Gasteiger partial charge in [0, 0.05) is 35.8 Å². The van der Waals surface area contributed by atoms with Gasteiger partial charge in [-0.25, -0.2) is 4.98 Å². The molecule has 0 unspecified atom stereocenters. The van der Waals surface area contributed by atoms with Crippen molar-refractivity contribution in [3.8, 4) is 28.5 Å². The van der Waals surface area contributed by atoms with Crippen LogP contribution in [0.4, 0.5) is 0 Å². The molecule has 158 valence electrons. The number of hydrogen-bond donors (Lipinski definition) is 0. The van der Waals surface area contributed by atoms with Gasteiger partial charge in [-0.2, -0.15) is 10.1 Å². The molecule has 0 spiro atoms. The molecule has 9 heteroatoms. The van der Waals surface area contributed by atoms with Gasteiger partial charge in [-0.1, -0.05) is 29.6 Å². The number of halogens is 1. The predicted octanol–water partition coefficient (Wildman–Crippen LogP) is 4.34. The Morgan fingerprint density at radius 2 is 2.10 bits per heavy atom. The second-order valence-electron chi connectivity index (χ2n) is 8.15. The van der Waals surface area contributed by atoms with Gasteiger partial charge in [-0.05, 0) is 31.0 Å². The van der Waals surface area contributed by atoms with Crippen molar-refractivity contribution < 1.29 is 9.26 Å². The van der Waals surface area contributed by atoms with Crippen LogP contribution in [0.2, 0.25) is 5.02 Å². The molecule has 0 amide bonds. The first-order valence-electron chi connectivity index (χ1n) is 10.5. The molecule has 6 rings (SSSR count). The van der Waals surface area contributed by atoms with E-state index in [9.17, 15) is 0 Å². The third kappa shape index (κ3) is 3.26. The number of nitrogens with zero attached hydrogens (tertiary/aromatic N) is 6. The standard InChI is InChI=1S/C22H21ClN6O2/c1-28-10-13-8-18-21(22-25-19(31-27-22)11-30-15-4-2-3-5-15)24-12-29(18)17-7-6-14(23)9-16(17)20(13)26-28/h6-7,9-10,12,15H,2-5,8,11H2,1H3. The summed E-state index contributed by atoms with van der Waals surface area (Å²) in [5.74, 6) is 0.952. The van der Waals surface area contributed by atoms with E-state index in [1.54, 1.807) is 6.33 Å². The zero-order valence-electron chi connectivity index (χ0n) is 17.1. The molecule has 0 atom stereocenters. The normalized spacial score (nSPS) is 15.5. The first-order valence-corrected chi connectivity index (χ1v) is 10.9. The van der Waals surface area contributed by atoms with Crippen molar-refractivity contribution in [2.75, 3.05) is 0 Å². The summed E-state index contributed by atoms with van der Waals surface area (Å²) in [5, 5.41) is 9.54. The molecule has 4 aromatic rings. The fourth-order valence-corrected chi connectivity index (χ4v) is 4.75. The van der Waals surface area contributed by atoms with Gasteiger partial charge in [0.25, 0.3) is 5.89 Å². The van der Waals surface area contributed by atoms with E-state index in [1.807, 2.05) is 36.1 Å². The summed E-state index contributed by atoms with van der Waals surface area (Å²) in [6.45, 7) is 0.335. The maximum atomic E-state index is 6.31. The van der Waals surface area contributed by atoms with Crippen molar-refractivity contribution in [1.82, 2.24) is 29.5 Å². The van der Waals surface area contributed by atoms with Crippen LogP contribution in [0.3, 0.4) is 0 Å². The molecule has 4 heterocycles. The summed E-state index contributed by atoms with van der Waals surface area (Å²) < 4.78 is 15.3. The van der Waals surface area contributed by atoms with Gasteiger partial charge in [0.15, 0.2) is 0 Å². The van der Waals surface area contributed by atoms with Crippen LogP contribution in [0.25, 0.3) is 28.5 Å². The van der Waals surface area contributed by atoms with Gasteiger partial charge in [0.05, 0.1) is 23.2 Å². The molecular formula is C22H21ClN6O2. The van der Waals surface area contributed by atoms with Gasteiger partial charge < -0.3 is 13.8 Å². The van der Waals surface area contributed by atoms with Gasteiger partial charge in [-0.3, -0.25) is 4.68 Å². The second kappa shape index (κ2) is 7.32. The van der Waals surface area contributed by atoms with E-state index in [4.69, 9.17) is 20.9 Å². The average Bonchev–Trinajstić information content (AvgIpc) is 3.53. The summed E-state index contributed by atoms with van der Waals surface area (Å²) in [6.07, 6.45) is 9.43. The van der Waals surface area contributed by atoms with Gasteiger partial charge >= 0.3 is 0 Å². The number of benzene rings is 1. The second-order valence-corrected chi connectivity index (χ2v) is 8.59. The van der Waals surface area contributed by atoms with Crippen LogP contribution >= 0.6 is 11.6 Å². The monoisotopic (exact) mass is 436 g/mol. The first kappa shape index (κ1) is 18.8. The Morgan fingerprint density at radius 3 is 2.97 bits per heavy atom. The van der Waals surface area contributed by atoms with E-state index in [0.717, 1.165) is 41.0 Å². The highest BCUT2D eigenvalue weighted by Gasteiger charge is 2.27. The number of hydrogen-bond acceptors (Lipinski definition) is 6. The van der Waals surface area contributed by atoms with Crippen molar-refractivity contribution in [2.24, 2.45) is 7.05 Å². The van der Waals surface area contributed by atoms with Gasteiger partial charge in [-0.15, -0.1) is 0 Å². The fourth-order valence-electron chi connectivity index (χ4n) is 4.57. The summed E-state index contributed by atoms with van der Waals surface area (Å²) in [6, 6.07) is 5.82. The highest BCUT2D eigenvalue weighted by molar-refractivity contribution is 6.31. The average molecular weight is 437 g/mol. The van der Waals surface area contributed by atoms with Crippen LogP contribution in [0.15, 0.2) is 35.2 Å². The summed E-state index contributed by atoms with van der Waals surface area (Å²) in [4.78, 5) is 9.20. The zero-order chi connectivity index (χ0) is 20.9. The molecule has 1 fully saturated rings. The lowest BCUT2D eigenvalue weighted by Gasteiger charge is -2.09. The predicted molar refractivity (Wildman–Crippen MR) is 114 cm³/mol. The Balaban J connectivity index is 1.38. The lowest BCUT2D eigenvalue weighted by Crippen LogP contribution is -2.07. The van der Waals surface area contributed by atoms with E-state index in [-0.39, 0.29) is 0 Å². The molecule has 31 heavy (non-hydrogen) atoms. The van der Waals surface area contributed by atoms with Crippen LogP contribution in [0, 0.1) is 0 Å². The minimum atomic E-state index is 0.298. The molecular weight excluding hydrogens is 416 g/mol. The molecule has 1 saturated carbocycles. The number of aryl methyl sites for hydroxylation is 1. The lowest BCUT2D eigenvalue weighted by atomic mass is 10.0. The molecule has 3 aromatic heterocycles. The third-order valence-corrected chi connectivity index (χ3v) is 6.26. The lowest BCUT2D eigenvalue weighted by molar-refractivity contribution is 0.0305. The Labute approximate surface area is 183 Å². The molecule has 2 aliphatic rings. The van der Waals surface area contributed by atoms with E-state index in [0.29, 0.717) is 41.6 Å². The first-order chi connectivity index (χ1) is 15.2. The summed E-state index contributed by atoms with van der Waals surface area (Å²) in [5.41, 5.74) is 5.66. The maximum absolute atomic E-state index is 6.31. The van der Waals surface area contributed by atoms with Crippen LogP contribution in [0.5, 0.6) is 0 Å². The molecule has 1 aromatic carbocycles. The highest BCUT2D eigenvalue weighted by atomic mass is 35.5. The third-order valence-electron chi connectivity index (χ3n) is 6.03. The van der Waals surface area contributed by atoms with E-state index in [1.165, 1.54) is 12.8 Å². The Kier molecular flexibility index (Phi) is 4.43. The van der Waals surface area contributed by atoms with Crippen LogP contribution in [-0.2, 0) is 24.8 Å². The molecule has 1 aliphatic heterocycles.